The van der Waals surface area contributed by atoms with Gasteiger partial charge in [-0.1, -0.05) is 6.07 Å². The van der Waals surface area contributed by atoms with E-state index in [0.717, 1.165) is 0 Å². The van der Waals surface area contributed by atoms with Crippen LogP contribution < -0.4 is 0 Å². The summed E-state index contributed by atoms with van der Waals surface area (Å²) in [7, 11) is 0. The van der Waals surface area contributed by atoms with Gasteiger partial charge in [0.25, 0.3) is 0 Å². The zero-order chi connectivity index (χ0) is 13.3. The fourth-order valence-corrected chi connectivity index (χ4v) is 1.55. The Labute approximate surface area is 101 Å². The van der Waals surface area contributed by atoms with Crippen molar-refractivity contribution < 1.29 is 18.0 Å². The average molecular weight is 251 g/mol. The lowest BCUT2D eigenvalue weighted by Crippen LogP contribution is -2.08. The number of aryl methyl sites for hydroxylation is 1. The first-order valence-corrected chi connectivity index (χ1v) is 5.11. The minimum absolute atomic E-state index is 0.0860. The second-order valence-corrected chi connectivity index (χ2v) is 3.75. The van der Waals surface area contributed by atoms with E-state index in [4.69, 9.17) is 0 Å². The first kappa shape index (κ1) is 12.3. The molecular weight excluding hydrogens is 243 g/mol. The summed E-state index contributed by atoms with van der Waals surface area (Å²) in [5, 5.41) is 0. The van der Waals surface area contributed by atoms with Gasteiger partial charge in [-0.2, -0.15) is 0 Å². The Bertz CT molecular complexity index is 602. The van der Waals surface area contributed by atoms with Crippen LogP contribution in [0.1, 0.15) is 21.6 Å². The van der Waals surface area contributed by atoms with Gasteiger partial charge in [-0.15, -0.1) is 0 Å². The third-order valence-corrected chi connectivity index (χ3v) is 2.47. The van der Waals surface area contributed by atoms with E-state index < -0.39 is 23.2 Å². The van der Waals surface area contributed by atoms with Crippen molar-refractivity contribution in [3.63, 3.8) is 0 Å². The predicted octanol–water partition coefficient (Wildman–Crippen LogP) is 3.04. The lowest BCUT2D eigenvalue weighted by Gasteiger charge is -2.04. The number of nitrogens with zero attached hydrogens (tertiary/aromatic N) is 1. The number of pyridine rings is 1. The molecule has 1 aromatic heterocycles. The molecular formula is C13H8F3NO. The summed E-state index contributed by atoms with van der Waals surface area (Å²) in [4.78, 5) is 15.8. The molecule has 0 radical (unpaired) electrons. The molecule has 18 heavy (non-hydrogen) atoms. The summed E-state index contributed by atoms with van der Waals surface area (Å²) in [6, 6.07) is 4.61. The van der Waals surface area contributed by atoms with Gasteiger partial charge in [0.15, 0.2) is 17.5 Å². The molecule has 0 N–H and O–H groups in total. The van der Waals surface area contributed by atoms with Crippen LogP contribution in [-0.2, 0) is 0 Å². The summed E-state index contributed by atoms with van der Waals surface area (Å²) in [5.74, 6) is -5.03. The number of carbonyl (C=O) groups excluding carboxylic acids is 1. The molecule has 0 fully saturated rings. The maximum Gasteiger partial charge on any atom is 0.211 e. The summed E-state index contributed by atoms with van der Waals surface area (Å²) in [6.07, 6.45) is 1.40. The maximum atomic E-state index is 13.0. The van der Waals surface area contributed by atoms with E-state index in [0.29, 0.717) is 17.7 Å². The summed E-state index contributed by atoms with van der Waals surface area (Å²) in [6.45, 7) is 1.65. The molecule has 0 aliphatic rings. The van der Waals surface area contributed by atoms with Crippen LogP contribution in [0, 0.1) is 24.4 Å². The Morgan fingerprint density at radius 3 is 2.33 bits per heavy atom. The number of carbonyl (C=O) groups is 1. The molecule has 1 aromatic carbocycles. The number of benzene rings is 1. The molecule has 92 valence electrons. The van der Waals surface area contributed by atoms with Crippen molar-refractivity contribution in [1.82, 2.24) is 4.98 Å². The van der Waals surface area contributed by atoms with Gasteiger partial charge in [-0.05, 0) is 30.7 Å². The second-order valence-electron chi connectivity index (χ2n) is 3.75. The molecule has 0 atom stereocenters. The highest BCUT2D eigenvalue weighted by Gasteiger charge is 2.18. The maximum absolute atomic E-state index is 13.0. The molecule has 0 saturated heterocycles. The molecule has 0 amide bonds. The standard InChI is InChI=1S/C13H8F3NO/c1-7-3-2-4-17-12(7)13(18)8-5-9(14)11(16)10(15)6-8/h2-6H,1H3. The van der Waals surface area contributed by atoms with E-state index in [1.807, 2.05) is 0 Å². The molecule has 1 heterocycles. The monoisotopic (exact) mass is 251 g/mol. The van der Waals surface area contributed by atoms with Crippen LogP contribution in [0.5, 0.6) is 0 Å². The smallest absolute Gasteiger partial charge is 0.211 e. The molecule has 0 bridgehead atoms. The molecule has 0 aliphatic carbocycles. The number of ketones is 1. The van der Waals surface area contributed by atoms with Crippen molar-refractivity contribution in [3.05, 3.63) is 64.7 Å². The minimum atomic E-state index is -1.59. The van der Waals surface area contributed by atoms with Crippen LogP contribution in [0.3, 0.4) is 0 Å². The van der Waals surface area contributed by atoms with Crippen molar-refractivity contribution in [1.29, 1.82) is 0 Å². The van der Waals surface area contributed by atoms with Crippen LogP contribution in [0.2, 0.25) is 0 Å². The van der Waals surface area contributed by atoms with Crippen LogP contribution >= 0.6 is 0 Å². The van der Waals surface area contributed by atoms with E-state index in [2.05, 4.69) is 4.98 Å². The van der Waals surface area contributed by atoms with E-state index in [1.54, 1.807) is 19.1 Å². The molecule has 5 heteroatoms. The highest BCUT2D eigenvalue weighted by molar-refractivity contribution is 6.08. The number of aromatic nitrogens is 1. The third-order valence-electron chi connectivity index (χ3n) is 2.47. The predicted molar refractivity (Wildman–Crippen MR) is 58.7 cm³/mol. The highest BCUT2D eigenvalue weighted by Crippen LogP contribution is 2.17. The van der Waals surface area contributed by atoms with Gasteiger partial charge in [-0.3, -0.25) is 9.78 Å². The molecule has 0 saturated carbocycles. The van der Waals surface area contributed by atoms with Crippen LogP contribution in [0.15, 0.2) is 30.5 Å². The highest BCUT2D eigenvalue weighted by atomic mass is 19.2. The van der Waals surface area contributed by atoms with Crippen molar-refractivity contribution in [2.75, 3.05) is 0 Å². The quantitative estimate of drug-likeness (QED) is 0.606. The van der Waals surface area contributed by atoms with Gasteiger partial charge in [0.1, 0.15) is 5.69 Å². The Morgan fingerprint density at radius 1 is 1.17 bits per heavy atom. The lowest BCUT2D eigenvalue weighted by molar-refractivity contribution is 0.103. The normalized spacial score (nSPS) is 10.4. The Morgan fingerprint density at radius 2 is 1.78 bits per heavy atom. The topological polar surface area (TPSA) is 30.0 Å². The molecule has 0 unspecified atom stereocenters. The van der Waals surface area contributed by atoms with E-state index in [1.165, 1.54) is 6.20 Å². The van der Waals surface area contributed by atoms with Crippen LogP contribution in [-0.4, -0.2) is 10.8 Å². The summed E-state index contributed by atoms with van der Waals surface area (Å²) < 4.78 is 38.8. The van der Waals surface area contributed by atoms with Crippen LogP contribution in [0.4, 0.5) is 13.2 Å². The largest absolute Gasteiger partial charge is 0.287 e. The Balaban J connectivity index is 2.51. The fraction of sp³-hybridized carbons (Fsp3) is 0.0769. The SMILES string of the molecule is Cc1cccnc1C(=O)c1cc(F)c(F)c(F)c1. The Kier molecular flexibility index (Phi) is 3.14. The Hall–Kier alpha value is -2.17. The number of hydrogen-bond acceptors (Lipinski definition) is 2. The van der Waals surface area contributed by atoms with Gasteiger partial charge >= 0.3 is 0 Å². The molecule has 2 nitrogen and oxygen atoms in total. The first-order chi connectivity index (χ1) is 8.50. The van der Waals surface area contributed by atoms with Gasteiger partial charge in [0.2, 0.25) is 5.78 Å². The molecule has 0 aliphatic heterocycles. The minimum Gasteiger partial charge on any atom is -0.287 e. The van der Waals surface area contributed by atoms with Gasteiger partial charge in [0, 0.05) is 11.8 Å². The zero-order valence-electron chi connectivity index (χ0n) is 9.38. The van der Waals surface area contributed by atoms with Crippen LogP contribution in [0.25, 0.3) is 0 Å². The van der Waals surface area contributed by atoms with Crippen molar-refractivity contribution >= 4 is 5.78 Å². The van der Waals surface area contributed by atoms with Crippen molar-refractivity contribution in [3.8, 4) is 0 Å². The number of hydrogen-bond donors (Lipinski definition) is 0. The zero-order valence-corrected chi connectivity index (χ0v) is 9.38. The van der Waals surface area contributed by atoms with E-state index in [-0.39, 0.29) is 11.3 Å². The van der Waals surface area contributed by atoms with Crippen molar-refractivity contribution in [2.24, 2.45) is 0 Å². The molecule has 0 spiro atoms. The van der Waals surface area contributed by atoms with E-state index >= 15 is 0 Å². The average Bonchev–Trinajstić information content (AvgIpc) is 2.35. The van der Waals surface area contributed by atoms with Gasteiger partial charge < -0.3 is 0 Å². The molecule has 2 rings (SSSR count). The number of halogens is 3. The van der Waals surface area contributed by atoms with Crippen molar-refractivity contribution in [2.45, 2.75) is 6.92 Å². The lowest BCUT2D eigenvalue weighted by atomic mass is 10.0. The van der Waals surface area contributed by atoms with Gasteiger partial charge in [-0.25, -0.2) is 13.2 Å². The first-order valence-electron chi connectivity index (χ1n) is 5.11. The van der Waals surface area contributed by atoms with E-state index in [9.17, 15) is 18.0 Å². The summed E-state index contributed by atoms with van der Waals surface area (Å²) >= 11 is 0. The molecule has 2 aromatic rings. The third kappa shape index (κ3) is 2.11. The fourth-order valence-electron chi connectivity index (χ4n) is 1.55. The second kappa shape index (κ2) is 4.60. The number of rotatable bonds is 2. The van der Waals surface area contributed by atoms with Gasteiger partial charge in [0.05, 0.1) is 0 Å². The summed E-state index contributed by atoms with van der Waals surface area (Å²) in [5.41, 5.74) is 0.392.